The van der Waals surface area contributed by atoms with Crippen molar-refractivity contribution in [3.8, 4) is 5.75 Å². The molecule has 0 aliphatic heterocycles. The lowest BCUT2D eigenvalue weighted by Crippen LogP contribution is -2.19. The van der Waals surface area contributed by atoms with Crippen molar-refractivity contribution in [1.82, 2.24) is 4.57 Å². The topological polar surface area (TPSA) is 31.2 Å². The van der Waals surface area contributed by atoms with Crippen molar-refractivity contribution >= 4 is 5.57 Å². The number of hydrogen-bond acceptors (Lipinski definition) is 2. The number of hydrogen-bond donors (Lipinski definition) is 0. The molecular weight excluding hydrogens is 358 g/mol. The van der Waals surface area contributed by atoms with Gasteiger partial charge in [0.15, 0.2) is 5.75 Å². The lowest BCUT2D eigenvalue weighted by molar-refractivity contribution is 0.299. The minimum atomic E-state index is -0.139. The number of ether oxygens (including phenoxy) is 1. The Kier molecular flexibility index (Phi) is 6.85. The normalized spacial score (nSPS) is 16.3. The fourth-order valence-electron chi connectivity index (χ4n) is 3.22. The first kappa shape index (κ1) is 20.4. The number of benzene rings is 1. The first-order chi connectivity index (χ1) is 14.1. The van der Waals surface area contributed by atoms with Crippen molar-refractivity contribution in [1.29, 1.82) is 0 Å². The monoisotopic (exact) mass is 385 g/mol. The zero-order valence-corrected chi connectivity index (χ0v) is 17.0. The van der Waals surface area contributed by atoms with Gasteiger partial charge in [-0.2, -0.15) is 0 Å². The summed E-state index contributed by atoms with van der Waals surface area (Å²) in [7, 11) is 1.75. The van der Waals surface area contributed by atoms with E-state index in [0.717, 1.165) is 28.7 Å². The van der Waals surface area contributed by atoms with E-state index in [1.807, 2.05) is 73.8 Å². The summed E-state index contributed by atoms with van der Waals surface area (Å²) in [5, 5.41) is 0. The van der Waals surface area contributed by atoms with Gasteiger partial charge in [0.2, 0.25) is 0 Å². The highest BCUT2D eigenvalue weighted by atomic mass is 16.5. The highest BCUT2D eigenvalue weighted by Gasteiger charge is 2.14. The zero-order valence-electron chi connectivity index (χ0n) is 17.0. The predicted molar refractivity (Wildman–Crippen MR) is 121 cm³/mol. The number of nitrogens with zero attached hydrogens (tertiary/aromatic N) is 1. The molecule has 1 aromatic carbocycles. The molecule has 0 saturated heterocycles. The Morgan fingerprint density at radius 3 is 2.83 bits per heavy atom. The van der Waals surface area contributed by atoms with Gasteiger partial charge in [-0.05, 0) is 36.1 Å². The molecule has 0 fully saturated rings. The maximum absolute atomic E-state index is 12.5. The van der Waals surface area contributed by atoms with E-state index < -0.39 is 0 Å². The van der Waals surface area contributed by atoms with Crippen LogP contribution in [-0.2, 0) is 13.7 Å². The Morgan fingerprint density at radius 1 is 1.28 bits per heavy atom. The van der Waals surface area contributed by atoms with Crippen molar-refractivity contribution < 1.29 is 4.74 Å². The molecule has 0 spiro atoms. The van der Waals surface area contributed by atoms with Gasteiger partial charge in [0, 0.05) is 24.7 Å². The first-order valence-corrected chi connectivity index (χ1v) is 9.82. The number of pyridine rings is 1. The van der Waals surface area contributed by atoms with Crippen LogP contribution in [0.1, 0.15) is 24.5 Å². The molecule has 0 bridgehead atoms. The smallest absolute Gasteiger partial charge is 0.292 e. The van der Waals surface area contributed by atoms with Crippen LogP contribution in [-0.4, -0.2) is 4.57 Å². The van der Waals surface area contributed by atoms with Crippen LogP contribution in [0.25, 0.3) is 5.57 Å². The third kappa shape index (κ3) is 5.35. The summed E-state index contributed by atoms with van der Waals surface area (Å²) in [5.74, 6) is 0.597. The number of aryl methyl sites for hydroxylation is 1. The summed E-state index contributed by atoms with van der Waals surface area (Å²) in [4.78, 5) is 12.5. The van der Waals surface area contributed by atoms with Gasteiger partial charge in [-0.3, -0.25) is 4.79 Å². The first-order valence-electron chi connectivity index (χ1n) is 9.82. The highest BCUT2D eigenvalue weighted by Crippen LogP contribution is 2.29. The summed E-state index contributed by atoms with van der Waals surface area (Å²) in [6.07, 6.45) is 17.3. The Hall–Kier alpha value is -3.33. The molecule has 1 unspecified atom stereocenters. The molecule has 0 saturated carbocycles. The quantitative estimate of drug-likeness (QED) is 0.580. The molecule has 3 nitrogen and oxygen atoms in total. The number of aromatic nitrogens is 1. The van der Waals surface area contributed by atoms with E-state index in [1.54, 1.807) is 11.6 Å². The van der Waals surface area contributed by atoms with Crippen LogP contribution in [0.15, 0.2) is 102 Å². The molecule has 1 aromatic heterocycles. The van der Waals surface area contributed by atoms with Crippen molar-refractivity contribution in [3.63, 3.8) is 0 Å². The van der Waals surface area contributed by atoms with Crippen LogP contribution >= 0.6 is 0 Å². The average molecular weight is 386 g/mol. The molecule has 29 heavy (non-hydrogen) atoms. The molecule has 0 radical (unpaired) electrons. The molecule has 0 amide bonds. The predicted octanol–water partition coefficient (Wildman–Crippen LogP) is 5.61. The fourth-order valence-corrected chi connectivity index (χ4v) is 3.22. The van der Waals surface area contributed by atoms with Crippen LogP contribution in [0.3, 0.4) is 0 Å². The zero-order chi connectivity index (χ0) is 20.6. The SMILES string of the molecule is C=C(C=CC=CC)C1C=C(c2cc(OCc3ccccc3)c(=O)n(C)c2)C=CC1. The molecule has 3 heteroatoms. The summed E-state index contributed by atoms with van der Waals surface area (Å²) in [6, 6.07) is 11.7. The molecule has 1 aliphatic carbocycles. The van der Waals surface area contributed by atoms with Crippen molar-refractivity contribution in [3.05, 3.63) is 119 Å². The second kappa shape index (κ2) is 9.74. The maximum Gasteiger partial charge on any atom is 0.292 e. The summed E-state index contributed by atoms with van der Waals surface area (Å²) in [5.41, 5.74) is 3.99. The number of allylic oxidation sites excluding steroid dienone is 9. The van der Waals surface area contributed by atoms with Crippen LogP contribution in [0.4, 0.5) is 0 Å². The second-order valence-corrected chi connectivity index (χ2v) is 7.11. The van der Waals surface area contributed by atoms with Gasteiger partial charge >= 0.3 is 0 Å². The summed E-state index contributed by atoms with van der Waals surface area (Å²) in [6.45, 7) is 6.57. The summed E-state index contributed by atoms with van der Waals surface area (Å²) >= 11 is 0. The summed E-state index contributed by atoms with van der Waals surface area (Å²) < 4.78 is 7.43. The molecule has 0 N–H and O–H groups in total. The van der Waals surface area contributed by atoms with Crippen LogP contribution in [0, 0.1) is 5.92 Å². The molecule has 148 valence electrons. The van der Waals surface area contributed by atoms with Crippen LogP contribution < -0.4 is 10.3 Å². The lowest BCUT2D eigenvalue weighted by Gasteiger charge is -2.18. The van der Waals surface area contributed by atoms with Gasteiger partial charge in [-0.15, -0.1) is 0 Å². The van der Waals surface area contributed by atoms with Gasteiger partial charge in [0.1, 0.15) is 6.61 Å². The lowest BCUT2D eigenvalue weighted by atomic mass is 9.88. The minimum absolute atomic E-state index is 0.139. The fraction of sp³-hybridized carbons (Fsp3) is 0.192. The van der Waals surface area contributed by atoms with E-state index in [-0.39, 0.29) is 11.5 Å². The average Bonchev–Trinajstić information content (AvgIpc) is 2.75. The Morgan fingerprint density at radius 2 is 2.07 bits per heavy atom. The molecular formula is C26H27NO2. The van der Waals surface area contributed by atoms with Gasteiger partial charge in [-0.25, -0.2) is 0 Å². The highest BCUT2D eigenvalue weighted by molar-refractivity contribution is 5.75. The molecule has 1 aliphatic rings. The van der Waals surface area contributed by atoms with E-state index in [1.165, 1.54) is 0 Å². The van der Waals surface area contributed by atoms with Crippen molar-refractivity contribution in [2.75, 3.05) is 0 Å². The Balaban J connectivity index is 1.84. The van der Waals surface area contributed by atoms with E-state index in [2.05, 4.69) is 24.8 Å². The standard InChI is InChI=1S/C26H27NO2/c1-4-5-7-11-20(2)22-14-10-15-23(16-22)24-17-25(26(28)27(3)18-24)29-19-21-12-8-6-9-13-21/h4-13,15-18,22H,2,14,19H2,1,3H3. The maximum atomic E-state index is 12.5. The Labute approximate surface area is 172 Å². The van der Waals surface area contributed by atoms with E-state index in [9.17, 15) is 4.79 Å². The largest absolute Gasteiger partial charge is 0.483 e. The molecule has 1 atom stereocenters. The third-order valence-corrected chi connectivity index (χ3v) is 4.88. The van der Waals surface area contributed by atoms with E-state index >= 15 is 0 Å². The minimum Gasteiger partial charge on any atom is -0.483 e. The molecule has 1 heterocycles. The van der Waals surface area contributed by atoms with Gasteiger partial charge in [0.25, 0.3) is 5.56 Å². The number of rotatable bonds is 7. The molecule has 2 aromatic rings. The van der Waals surface area contributed by atoms with E-state index in [4.69, 9.17) is 4.74 Å². The Bertz CT molecular complexity index is 1040. The van der Waals surface area contributed by atoms with Gasteiger partial charge in [-0.1, -0.05) is 79.4 Å². The third-order valence-electron chi connectivity index (χ3n) is 4.88. The molecule has 3 rings (SSSR count). The van der Waals surface area contributed by atoms with Gasteiger partial charge in [0.05, 0.1) is 0 Å². The van der Waals surface area contributed by atoms with Crippen LogP contribution in [0.5, 0.6) is 5.75 Å². The second-order valence-electron chi connectivity index (χ2n) is 7.11. The van der Waals surface area contributed by atoms with Crippen molar-refractivity contribution in [2.45, 2.75) is 20.0 Å². The van der Waals surface area contributed by atoms with Gasteiger partial charge < -0.3 is 9.30 Å². The van der Waals surface area contributed by atoms with Crippen molar-refractivity contribution in [2.24, 2.45) is 13.0 Å². The van der Waals surface area contributed by atoms with Crippen LogP contribution in [0.2, 0.25) is 0 Å². The van der Waals surface area contributed by atoms with E-state index in [0.29, 0.717) is 12.4 Å².